The minimum atomic E-state index is -4.52. The fraction of sp³-hybridized carbons (Fsp3) is 0.294. The van der Waals surface area contributed by atoms with Gasteiger partial charge in [-0.05, 0) is 30.3 Å². The highest BCUT2D eigenvalue weighted by Crippen LogP contribution is 2.31. The van der Waals surface area contributed by atoms with Crippen molar-refractivity contribution >= 4 is 16.0 Å². The molecule has 1 aromatic heterocycles. The summed E-state index contributed by atoms with van der Waals surface area (Å²) in [4.78, 5) is 15.1. The zero-order valence-corrected chi connectivity index (χ0v) is 15.3. The van der Waals surface area contributed by atoms with Crippen LogP contribution in [-0.4, -0.2) is 50.0 Å². The summed E-state index contributed by atoms with van der Waals surface area (Å²) in [5.74, 6) is -0.811. The summed E-state index contributed by atoms with van der Waals surface area (Å²) in [6, 6.07) is 6.82. The van der Waals surface area contributed by atoms with Crippen LogP contribution in [0.15, 0.2) is 47.5 Å². The van der Waals surface area contributed by atoms with E-state index < -0.39 is 33.8 Å². The molecule has 11 heteroatoms. The third kappa shape index (κ3) is 4.09. The second kappa shape index (κ2) is 7.40. The number of methoxy groups -OCH3 is 1. The van der Waals surface area contributed by atoms with Crippen molar-refractivity contribution in [2.75, 3.05) is 20.2 Å². The van der Waals surface area contributed by atoms with Crippen LogP contribution in [0, 0.1) is 0 Å². The van der Waals surface area contributed by atoms with Crippen molar-refractivity contribution in [1.29, 1.82) is 0 Å². The summed E-state index contributed by atoms with van der Waals surface area (Å²) in [5.41, 5.74) is -0.686. The Labute approximate surface area is 158 Å². The number of esters is 1. The SMILES string of the molecule is COC(=O)c1ccc(S(=O)(=O)N2CC(Oc3cc(C(F)(F)F)ccn3)C2)cc1. The van der Waals surface area contributed by atoms with Crippen LogP contribution in [0.25, 0.3) is 0 Å². The molecule has 1 saturated heterocycles. The van der Waals surface area contributed by atoms with Crippen molar-refractivity contribution in [2.24, 2.45) is 0 Å². The van der Waals surface area contributed by atoms with E-state index in [4.69, 9.17) is 4.74 Å². The van der Waals surface area contributed by atoms with Crippen LogP contribution in [0.3, 0.4) is 0 Å². The number of sulfonamides is 1. The molecule has 3 rings (SSSR count). The van der Waals surface area contributed by atoms with Crippen molar-refractivity contribution in [3.63, 3.8) is 0 Å². The molecule has 0 unspecified atom stereocenters. The smallest absolute Gasteiger partial charge is 0.416 e. The van der Waals surface area contributed by atoms with Gasteiger partial charge in [-0.1, -0.05) is 0 Å². The lowest BCUT2D eigenvalue weighted by Crippen LogP contribution is -2.56. The van der Waals surface area contributed by atoms with E-state index >= 15 is 0 Å². The standard InChI is InChI=1S/C17H15F3N2O5S/c1-26-16(23)11-2-4-14(5-3-11)28(24,25)22-9-13(10-22)27-15-8-12(6-7-21-15)17(18,19)20/h2-8,13H,9-10H2,1H3. The number of aromatic nitrogens is 1. The molecule has 28 heavy (non-hydrogen) atoms. The number of hydrogen-bond donors (Lipinski definition) is 0. The van der Waals surface area contributed by atoms with E-state index in [2.05, 4.69) is 9.72 Å². The second-order valence-electron chi connectivity index (χ2n) is 5.96. The first-order valence-electron chi connectivity index (χ1n) is 7.99. The maximum Gasteiger partial charge on any atom is 0.416 e. The summed E-state index contributed by atoms with van der Waals surface area (Å²) in [6.45, 7) is -0.0575. The molecule has 7 nitrogen and oxygen atoms in total. The maximum absolute atomic E-state index is 12.7. The summed E-state index contributed by atoms with van der Waals surface area (Å²) < 4.78 is 74.2. The van der Waals surface area contributed by atoms with Crippen LogP contribution in [0.1, 0.15) is 15.9 Å². The van der Waals surface area contributed by atoms with Crippen LogP contribution in [-0.2, 0) is 20.9 Å². The molecule has 0 amide bonds. The Morgan fingerprint density at radius 2 is 1.82 bits per heavy atom. The van der Waals surface area contributed by atoms with Crippen molar-refractivity contribution in [1.82, 2.24) is 9.29 Å². The topological polar surface area (TPSA) is 85.8 Å². The first kappa shape index (κ1) is 20.1. The third-order valence-electron chi connectivity index (χ3n) is 4.08. The Morgan fingerprint density at radius 1 is 1.18 bits per heavy atom. The number of benzene rings is 1. The molecule has 1 aliphatic rings. The first-order chi connectivity index (χ1) is 13.1. The van der Waals surface area contributed by atoms with Crippen molar-refractivity contribution in [3.05, 3.63) is 53.7 Å². The number of alkyl halides is 3. The fourth-order valence-electron chi connectivity index (χ4n) is 2.52. The highest BCUT2D eigenvalue weighted by Gasteiger charge is 2.39. The predicted molar refractivity (Wildman–Crippen MR) is 90.2 cm³/mol. The molecule has 2 heterocycles. The van der Waals surface area contributed by atoms with Crippen LogP contribution in [0.5, 0.6) is 5.88 Å². The Hall–Kier alpha value is -2.66. The molecule has 0 saturated carbocycles. The molecule has 0 spiro atoms. The number of nitrogens with zero attached hydrogens (tertiary/aromatic N) is 2. The second-order valence-corrected chi connectivity index (χ2v) is 7.90. The number of rotatable bonds is 5. The normalized spacial score (nSPS) is 15.7. The van der Waals surface area contributed by atoms with E-state index in [1.807, 2.05) is 0 Å². The number of pyridine rings is 1. The minimum absolute atomic E-state index is 0.0178. The zero-order chi connectivity index (χ0) is 20.5. The van der Waals surface area contributed by atoms with Crippen molar-refractivity contribution in [3.8, 4) is 5.88 Å². The van der Waals surface area contributed by atoms with E-state index in [1.54, 1.807) is 0 Å². The van der Waals surface area contributed by atoms with E-state index in [0.717, 1.165) is 22.6 Å². The van der Waals surface area contributed by atoms with Gasteiger partial charge >= 0.3 is 12.1 Å². The summed E-state index contributed by atoms with van der Waals surface area (Å²) in [7, 11) is -2.59. The Balaban J connectivity index is 1.63. The lowest BCUT2D eigenvalue weighted by molar-refractivity contribution is -0.137. The molecule has 1 aromatic carbocycles. The average molecular weight is 416 g/mol. The average Bonchev–Trinajstić information content (AvgIpc) is 2.63. The van der Waals surface area contributed by atoms with Gasteiger partial charge in [-0.15, -0.1) is 0 Å². The van der Waals surface area contributed by atoms with Gasteiger partial charge in [0.2, 0.25) is 15.9 Å². The van der Waals surface area contributed by atoms with Crippen molar-refractivity contribution < 1.29 is 35.9 Å². The van der Waals surface area contributed by atoms with Gasteiger partial charge in [-0.25, -0.2) is 18.2 Å². The largest absolute Gasteiger partial charge is 0.472 e. The van der Waals surface area contributed by atoms with Gasteiger partial charge in [0.15, 0.2) is 0 Å². The quantitative estimate of drug-likeness (QED) is 0.696. The molecular formula is C17H15F3N2O5S. The summed E-state index contributed by atoms with van der Waals surface area (Å²) in [5, 5.41) is 0. The molecule has 0 radical (unpaired) electrons. The fourth-order valence-corrected chi connectivity index (χ4v) is 4.03. The maximum atomic E-state index is 12.7. The Morgan fingerprint density at radius 3 is 2.39 bits per heavy atom. The van der Waals surface area contributed by atoms with Gasteiger partial charge in [-0.3, -0.25) is 0 Å². The number of hydrogen-bond acceptors (Lipinski definition) is 6. The minimum Gasteiger partial charge on any atom is -0.472 e. The Kier molecular flexibility index (Phi) is 5.31. The molecular weight excluding hydrogens is 401 g/mol. The molecule has 150 valence electrons. The highest BCUT2D eigenvalue weighted by molar-refractivity contribution is 7.89. The molecule has 0 bridgehead atoms. The number of carbonyl (C=O) groups excluding carboxylic acids is 1. The van der Waals surface area contributed by atoms with Crippen LogP contribution in [0.2, 0.25) is 0 Å². The molecule has 1 aliphatic heterocycles. The molecule has 0 atom stereocenters. The predicted octanol–water partition coefficient (Wildman–Crippen LogP) is 2.34. The lowest BCUT2D eigenvalue weighted by atomic mass is 10.2. The van der Waals surface area contributed by atoms with E-state index in [0.29, 0.717) is 0 Å². The lowest BCUT2D eigenvalue weighted by Gasteiger charge is -2.37. The van der Waals surface area contributed by atoms with Gasteiger partial charge in [-0.2, -0.15) is 17.5 Å². The summed E-state index contributed by atoms with van der Waals surface area (Å²) in [6.07, 6.45) is -4.15. The first-order valence-corrected chi connectivity index (χ1v) is 9.43. The van der Waals surface area contributed by atoms with Gasteiger partial charge in [0, 0.05) is 12.3 Å². The number of ether oxygens (including phenoxy) is 2. The van der Waals surface area contributed by atoms with E-state index in [1.165, 1.54) is 31.4 Å². The number of carbonyl (C=O) groups is 1. The molecule has 1 fully saturated rings. The van der Waals surface area contributed by atoms with Gasteiger partial charge < -0.3 is 9.47 Å². The number of halogens is 3. The third-order valence-corrected chi connectivity index (χ3v) is 5.92. The van der Waals surface area contributed by atoms with Crippen LogP contribution >= 0.6 is 0 Å². The van der Waals surface area contributed by atoms with Crippen LogP contribution in [0.4, 0.5) is 13.2 Å². The van der Waals surface area contributed by atoms with Gasteiger partial charge in [0.05, 0.1) is 36.2 Å². The highest BCUT2D eigenvalue weighted by atomic mass is 32.2. The molecule has 0 N–H and O–H groups in total. The molecule has 2 aromatic rings. The molecule has 0 aliphatic carbocycles. The van der Waals surface area contributed by atoms with Gasteiger partial charge in [0.25, 0.3) is 0 Å². The van der Waals surface area contributed by atoms with E-state index in [9.17, 15) is 26.4 Å². The Bertz CT molecular complexity index is 971. The van der Waals surface area contributed by atoms with Gasteiger partial charge in [0.1, 0.15) is 6.10 Å². The van der Waals surface area contributed by atoms with E-state index in [-0.39, 0.29) is 29.4 Å². The zero-order valence-electron chi connectivity index (χ0n) is 14.5. The monoisotopic (exact) mass is 416 g/mol. The van der Waals surface area contributed by atoms with Crippen molar-refractivity contribution in [2.45, 2.75) is 17.2 Å². The van der Waals surface area contributed by atoms with Crippen LogP contribution < -0.4 is 4.74 Å². The summed E-state index contributed by atoms with van der Waals surface area (Å²) >= 11 is 0.